The van der Waals surface area contributed by atoms with Crippen molar-refractivity contribution in [3.63, 3.8) is 0 Å². The second kappa shape index (κ2) is 3.26. The zero-order valence-corrected chi connectivity index (χ0v) is 7.25. The van der Waals surface area contributed by atoms with Gasteiger partial charge in [-0.25, -0.2) is 0 Å². The summed E-state index contributed by atoms with van der Waals surface area (Å²) in [5.74, 6) is 1.01. The molecule has 64 valence electrons. The summed E-state index contributed by atoms with van der Waals surface area (Å²) in [6.07, 6.45) is 11.5. The maximum atomic E-state index is 11.1. The van der Waals surface area contributed by atoms with E-state index in [0.717, 1.165) is 18.8 Å². The fourth-order valence-electron chi connectivity index (χ4n) is 2.17. The summed E-state index contributed by atoms with van der Waals surface area (Å²) in [7, 11) is 0. The molecule has 0 amide bonds. The highest BCUT2D eigenvalue weighted by Gasteiger charge is 2.21. The highest BCUT2D eigenvalue weighted by Crippen LogP contribution is 2.34. The predicted octanol–water partition coefficient (Wildman–Crippen LogP) is 2.63. The quantitative estimate of drug-likeness (QED) is 0.535. The van der Waals surface area contributed by atoms with Gasteiger partial charge in [0.05, 0.1) is 0 Å². The molecular formula is C11H14O. The standard InChI is InChI=1S/C11H14O/c12-11-6-2-5-9-3-1-4-10(9)7-8-11/h2,5-6,10H,1,3-4,7-8H2. The minimum atomic E-state index is 0.289. The number of fused-ring (bicyclic) bond motifs is 1. The van der Waals surface area contributed by atoms with Crippen molar-refractivity contribution in [2.24, 2.45) is 5.92 Å². The molecule has 0 N–H and O–H groups in total. The van der Waals surface area contributed by atoms with E-state index in [0.29, 0.717) is 0 Å². The maximum Gasteiger partial charge on any atom is 0.155 e. The van der Waals surface area contributed by atoms with Gasteiger partial charge in [0.1, 0.15) is 0 Å². The van der Waals surface area contributed by atoms with E-state index in [2.05, 4.69) is 6.08 Å². The van der Waals surface area contributed by atoms with Gasteiger partial charge >= 0.3 is 0 Å². The average molecular weight is 162 g/mol. The zero-order chi connectivity index (χ0) is 8.39. The number of allylic oxidation sites excluding steroid dienone is 4. The molecule has 0 aromatic rings. The van der Waals surface area contributed by atoms with Crippen molar-refractivity contribution >= 4 is 5.78 Å². The van der Waals surface area contributed by atoms with E-state index >= 15 is 0 Å². The van der Waals surface area contributed by atoms with Crippen molar-refractivity contribution in [2.75, 3.05) is 0 Å². The van der Waals surface area contributed by atoms with Crippen LogP contribution in [0.1, 0.15) is 32.1 Å². The lowest BCUT2D eigenvalue weighted by Crippen LogP contribution is -2.03. The first-order chi connectivity index (χ1) is 5.86. The van der Waals surface area contributed by atoms with E-state index in [4.69, 9.17) is 0 Å². The van der Waals surface area contributed by atoms with Crippen molar-refractivity contribution in [3.05, 3.63) is 23.8 Å². The van der Waals surface area contributed by atoms with Crippen LogP contribution in [-0.4, -0.2) is 5.78 Å². The third-order valence-electron chi connectivity index (χ3n) is 2.87. The first kappa shape index (κ1) is 7.78. The van der Waals surface area contributed by atoms with Gasteiger partial charge in [-0.05, 0) is 37.7 Å². The largest absolute Gasteiger partial charge is 0.295 e. The van der Waals surface area contributed by atoms with Crippen LogP contribution in [0.2, 0.25) is 0 Å². The Kier molecular flexibility index (Phi) is 2.11. The minimum absolute atomic E-state index is 0.289. The number of hydrogen-bond acceptors (Lipinski definition) is 1. The van der Waals surface area contributed by atoms with Crippen molar-refractivity contribution in [3.8, 4) is 0 Å². The Labute approximate surface area is 73.2 Å². The van der Waals surface area contributed by atoms with Gasteiger partial charge in [0.2, 0.25) is 0 Å². The Balaban J connectivity index is 2.18. The summed E-state index contributed by atoms with van der Waals surface area (Å²) in [6.45, 7) is 0. The van der Waals surface area contributed by atoms with Crippen LogP contribution in [0.25, 0.3) is 0 Å². The fraction of sp³-hybridized carbons (Fsp3) is 0.545. The Hall–Kier alpha value is -0.850. The molecule has 0 heterocycles. The molecule has 0 aliphatic heterocycles. The number of ketones is 1. The van der Waals surface area contributed by atoms with Gasteiger partial charge in [-0.1, -0.05) is 17.7 Å². The maximum absolute atomic E-state index is 11.1. The number of carbonyl (C=O) groups excluding carboxylic acids is 1. The van der Waals surface area contributed by atoms with Crippen LogP contribution in [0.3, 0.4) is 0 Å². The number of hydrogen-bond donors (Lipinski definition) is 0. The summed E-state index contributed by atoms with van der Waals surface area (Å²) in [5.41, 5.74) is 1.57. The predicted molar refractivity (Wildman–Crippen MR) is 48.8 cm³/mol. The molecule has 1 saturated carbocycles. The second-order valence-electron chi connectivity index (χ2n) is 3.69. The van der Waals surface area contributed by atoms with E-state index in [9.17, 15) is 4.79 Å². The van der Waals surface area contributed by atoms with Gasteiger partial charge in [-0.15, -0.1) is 0 Å². The molecule has 0 spiro atoms. The smallest absolute Gasteiger partial charge is 0.155 e. The van der Waals surface area contributed by atoms with Gasteiger partial charge in [0, 0.05) is 6.42 Å². The van der Waals surface area contributed by atoms with Crippen LogP contribution in [-0.2, 0) is 4.79 Å². The van der Waals surface area contributed by atoms with Crippen molar-refractivity contribution in [2.45, 2.75) is 32.1 Å². The lowest BCUT2D eigenvalue weighted by atomic mass is 9.94. The van der Waals surface area contributed by atoms with E-state index in [-0.39, 0.29) is 5.78 Å². The third-order valence-corrected chi connectivity index (χ3v) is 2.87. The van der Waals surface area contributed by atoms with Gasteiger partial charge in [0.25, 0.3) is 0 Å². The van der Waals surface area contributed by atoms with E-state index in [1.165, 1.54) is 19.3 Å². The number of carbonyl (C=O) groups is 1. The van der Waals surface area contributed by atoms with E-state index in [1.54, 1.807) is 11.6 Å². The number of rotatable bonds is 0. The van der Waals surface area contributed by atoms with Crippen molar-refractivity contribution in [1.29, 1.82) is 0 Å². The van der Waals surface area contributed by atoms with Gasteiger partial charge in [0.15, 0.2) is 5.78 Å². The lowest BCUT2D eigenvalue weighted by molar-refractivity contribution is -0.114. The van der Waals surface area contributed by atoms with Gasteiger partial charge < -0.3 is 0 Å². The molecule has 1 atom stereocenters. The van der Waals surface area contributed by atoms with Crippen LogP contribution < -0.4 is 0 Å². The topological polar surface area (TPSA) is 17.1 Å². The fourth-order valence-corrected chi connectivity index (χ4v) is 2.17. The highest BCUT2D eigenvalue weighted by molar-refractivity contribution is 5.90. The van der Waals surface area contributed by atoms with Crippen LogP contribution in [0.5, 0.6) is 0 Å². The SMILES string of the molecule is O=C1C=CC=C2CCCC2CC1. The molecule has 12 heavy (non-hydrogen) atoms. The molecular weight excluding hydrogens is 148 g/mol. The van der Waals surface area contributed by atoms with Crippen LogP contribution in [0.15, 0.2) is 23.8 Å². The lowest BCUT2D eigenvalue weighted by Gasteiger charge is -2.11. The second-order valence-corrected chi connectivity index (χ2v) is 3.69. The summed E-state index contributed by atoms with van der Waals surface area (Å²) in [6, 6.07) is 0. The van der Waals surface area contributed by atoms with Gasteiger partial charge in [-0.2, -0.15) is 0 Å². The Morgan fingerprint density at radius 1 is 1.25 bits per heavy atom. The molecule has 0 bridgehead atoms. The van der Waals surface area contributed by atoms with E-state index in [1.807, 2.05) is 6.08 Å². The van der Waals surface area contributed by atoms with Crippen molar-refractivity contribution < 1.29 is 4.79 Å². The molecule has 0 aromatic carbocycles. The first-order valence-electron chi connectivity index (χ1n) is 4.76. The Bertz CT molecular complexity index is 248. The van der Waals surface area contributed by atoms with Crippen LogP contribution >= 0.6 is 0 Å². The highest BCUT2D eigenvalue weighted by atomic mass is 16.1. The summed E-state index contributed by atoms with van der Waals surface area (Å²) in [4.78, 5) is 11.1. The summed E-state index contributed by atoms with van der Waals surface area (Å²) >= 11 is 0. The molecule has 1 nitrogen and oxygen atoms in total. The normalized spacial score (nSPS) is 29.2. The third kappa shape index (κ3) is 1.50. The Morgan fingerprint density at radius 3 is 3.08 bits per heavy atom. The Morgan fingerprint density at radius 2 is 2.17 bits per heavy atom. The minimum Gasteiger partial charge on any atom is -0.295 e. The zero-order valence-electron chi connectivity index (χ0n) is 7.25. The summed E-state index contributed by atoms with van der Waals surface area (Å²) in [5, 5.41) is 0. The van der Waals surface area contributed by atoms with Gasteiger partial charge in [-0.3, -0.25) is 4.79 Å². The molecule has 0 saturated heterocycles. The molecule has 0 aromatic heterocycles. The molecule has 1 heteroatoms. The monoisotopic (exact) mass is 162 g/mol. The van der Waals surface area contributed by atoms with Crippen LogP contribution in [0.4, 0.5) is 0 Å². The summed E-state index contributed by atoms with van der Waals surface area (Å²) < 4.78 is 0. The van der Waals surface area contributed by atoms with Crippen LogP contribution in [0, 0.1) is 5.92 Å². The molecule has 2 rings (SSSR count). The molecule has 2 aliphatic rings. The molecule has 1 fully saturated rings. The molecule has 2 aliphatic carbocycles. The van der Waals surface area contributed by atoms with E-state index < -0.39 is 0 Å². The molecule has 1 unspecified atom stereocenters. The first-order valence-corrected chi connectivity index (χ1v) is 4.76. The van der Waals surface area contributed by atoms with Crippen molar-refractivity contribution in [1.82, 2.24) is 0 Å². The molecule has 0 radical (unpaired) electrons. The average Bonchev–Trinajstić information content (AvgIpc) is 2.45.